The van der Waals surface area contributed by atoms with E-state index in [2.05, 4.69) is 45.0 Å². The molecule has 3 fully saturated rings. The van der Waals surface area contributed by atoms with Gasteiger partial charge in [-0.05, 0) is 54.3 Å². The number of hydrogen-bond acceptors (Lipinski definition) is 2. The second kappa shape index (κ2) is 5.53. The Morgan fingerprint density at radius 3 is 1.92 bits per heavy atom. The molecular formula is C24H32O2. The summed E-state index contributed by atoms with van der Waals surface area (Å²) in [6.45, 7) is 7.36. The highest BCUT2D eigenvalue weighted by Gasteiger charge is 2.65. The van der Waals surface area contributed by atoms with Crippen molar-refractivity contribution in [1.29, 1.82) is 0 Å². The van der Waals surface area contributed by atoms with Crippen LogP contribution in [0.2, 0.25) is 0 Å². The highest BCUT2D eigenvalue weighted by atomic mass is 16.5. The van der Waals surface area contributed by atoms with Crippen LogP contribution in [0.5, 0.6) is 0 Å². The Labute approximate surface area is 157 Å². The van der Waals surface area contributed by atoms with E-state index in [1.807, 2.05) is 14.2 Å². The molecule has 26 heavy (non-hydrogen) atoms. The topological polar surface area (TPSA) is 18.5 Å². The Balaban J connectivity index is 1.69. The zero-order valence-electron chi connectivity index (χ0n) is 16.8. The zero-order chi connectivity index (χ0) is 18.2. The maximum Gasteiger partial charge on any atom is 0.108 e. The SMILES string of the molecule is COC1=c2ccccc2=C(OC)C2C3CC(C4CCC(C(C)(C)C)C43)C12. The van der Waals surface area contributed by atoms with E-state index in [0.29, 0.717) is 17.3 Å². The molecule has 140 valence electrons. The fourth-order valence-corrected chi connectivity index (χ4v) is 7.64. The number of ether oxygens (including phenoxy) is 2. The van der Waals surface area contributed by atoms with Crippen molar-refractivity contribution in [2.24, 2.45) is 46.8 Å². The van der Waals surface area contributed by atoms with Crippen molar-refractivity contribution in [3.8, 4) is 0 Å². The third-order valence-electron chi connectivity index (χ3n) is 8.28. The van der Waals surface area contributed by atoms with E-state index < -0.39 is 0 Å². The Kier molecular flexibility index (Phi) is 3.56. The molecule has 2 nitrogen and oxygen atoms in total. The number of rotatable bonds is 2. The summed E-state index contributed by atoms with van der Waals surface area (Å²) in [5.41, 5.74) is 0.410. The predicted octanol–water partition coefficient (Wildman–Crippen LogP) is 3.78. The summed E-state index contributed by atoms with van der Waals surface area (Å²) in [6, 6.07) is 8.71. The van der Waals surface area contributed by atoms with Gasteiger partial charge in [-0.2, -0.15) is 0 Å². The zero-order valence-corrected chi connectivity index (χ0v) is 16.8. The summed E-state index contributed by atoms with van der Waals surface area (Å²) in [5, 5.41) is 2.53. The van der Waals surface area contributed by atoms with Crippen LogP contribution in [0.4, 0.5) is 0 Å². The van der Waals surface area contributed by atoms with Crippen LogP contribution in [0, 0.1) is 46.8 Å². The Hall–Kier alpha value is -1.44. The summed E-state index contributed by atoms with van der Waals surface area (Å²) >= 11 is 0. The quantitative estimate of drug-likeness (QED) is 0.806. The highest BCUT2D eigenvalue weighted by Crippen LogP contribution is 2.69. The Morgan fingerprint density at radius 1 is 0.808 bits per heavy atom. The van der Waals surface area contributed by atoms with Crippen LogP contribution in [-0.2, 0) is 9.47 Å². The van der Waals surface area contributed by atoms with Crippen LogP contribution in [0.15, 0.2) is 24.3 Å². The first kappa shape index (κ1) is 16.7. The van der Waals surface area contributed by atoms with Gasteiger partial charge in [-0.25, -0.2) is 0 Å². The molecule has 5 rings (SSSR count). The minimum Gasteiger partial charge on any atom is -0.500 e. The van der Waals surface area contributed by atoms with E-state index in [1.54, 1.807) is 0 Å². The van der Waals surface area contributed by atoms with Gasteiger partial charge in [-0.3, -0.25) is 0 Å². The van der Waals surface area contributed by atoms with Crippen molar-refractivity contribution >= 4 is 11.5 Å². The second-order valence-electron chi connectivity index (χ2n) is 10.1. The Morgan fingerprint density at radius 2 is 1.38 bits per heavy atom. The normalized spacial score (nSPS) is 40.3. The van der Waals surface area contributed by atoms with Crippen LogP contribution in [0.3, 0.4) is 0 Å². The van der Waals surface area contributed by atoms with E-state index >= 15 is 0 Å². The maximum atomic E-state index is 6.09. The molecule has 0 radical (unpaired) electrons. The molecule has 7 atom stereocenters. The lowest BCUT2D eigenvalue weighted by atomic mass is 9.61. The molecule has 0 aromatic heterocycles. The van der Waals surface area contributed by atoms with Crippen LogP contribution in [-0.4, -0.2) is 14.2 Å². The van der Waals surface area contributed by atoms with Gasteiger partial charge in [0.2, 0.25) is 0 Å². The van der Waals surface area contributed by atoms with E-state index in [4.69, 9.17) is 9.47 Å². The second-order valence-corrected chi connectivity index (χ2v) is 10.1. The van der Waals surface area contributed by atoms with Gasteiger partial charge in [0, 0.05) is 22.3 Å². The van der Waals surface area contributed by atoms with Gasteiger partial charge in [0.05, 0.1) is 14.2 Å². The molecule has 0 amide bonds. The molecule has 0 heterocycles. The van der Waals surface area contributed by atoms with Crippen LogP contribution in [0.25, 0.3) is 11.5 Å². The molecule has 0 aliphatic heterocycles. The standard InChI is InChI=1S/C24H32O2/c1-24(2,3)18-11-10-13-16-12-17(19(13)18)21-20(16)22(25-4)14-8-6-7-9-15(14)23(21)26-5/h6-9,13,16-21H,10-12H2,1-5H3. The van der Waals surface area contributed by atoms with Gasteiger partial charge < -0.3 is 9.47 Å². The van der Waals surface area contributed by atoms with Crippen molar-refractivity contribution in [3.05, 3.63) is 34.7 Å². The van der Waals surface area contributed by atoms with Crippen molar-refractivity contribution in [2.75, 3.05) is 14.2 Å². The fraction of sp³-hybridized carbons (Fsp3) is 0.667. The average Bonchev–Trinajstić information content (AvgIpc) is 3.29. The predicted molar refractivity (Wildman–Crippen MR) is 104 cm³/mol. The average molecular weight is 353 g/mol. The molecule has 4 aliphatic carbocycles. The molecule has 4 aliphatic rings. The van der Waals surface area contributed by atoms with Crippen LogP contribution < -0.4 is 10.4 Å². The smallest absolute Gasteiger partial charge is 0.108 e. The number of hydrogen-bond donors (Lipinski definition) is 0. The van der Waals surface area contributed by atoms with E-state index in [9.17, 15) is 0 Å². The lowest BCUT2D eigenvalue weighted by Crippen LogP contribution is -2.47. The monoisotopic (exact) mass is 352 g/mol. The lowest BCUT2D eigenvalue weighted by molar-refractivity contribution is 0.0697. The van der Waals surface area contributed by atoms with Crippen molar-refractivity contribution in [2.45, 2.75) is 40.0 Å². The van der Waals surface area contributed by atoms with Gasteiger partial charge in [0.25, 0.3) is 0 Å². The first-order valence-electron chi connectivity index (χ1n) is 10.4. The summed E-state index contributed by atoms with van der Waals surface area (Å²) in [7, 11) is 3.75. The van der Waals surface area contributed by atoms with Gasteiger partial charge in [-0.15, -0.1) is 0 Å². The molecule has 1 aromatic rings. The first-order valence-corrected chi connectivity index (χ1v) is 10.4. The summed E-state index contributed by atoms with van der Waals surface area (Å²) < 4.78 is 12.2. The minimum absolute atomic E-state index is 0.410. The van der Waals surface area contributed by atoms with Gasteiger partial charge in [-0.1, -0.05) is 45.0 Å². The third kappa shape index (κ3) is 1.99. The lowest BCUT2D eigenvalue weighted by Gasteiger charge is -2.44. The van der Waals surface area contributed by atoms with Crippen molar-refractivity contribution < 1.29 is 9.47 Å². The van der Waals surface area contributed by atoms with E-state index in [0.717, 1.165) is 29.6 Å². The number of fused-ring (bicyclic) bond motifs is 9. The summed E-state index contributed by atoms with van der Waals surface area (Å²) in [4.78, 5) is 0. The molecule has 0 spiro atoms. The minimum atomic E-state index is 0.410. The molecule has 0 saturated heterocycles. The molecule has 0 N–H and O–H groups in total. The third-order valence-corrected chi connectivity index (χ3v) is 8.28. The van der Waals surface area contributed by atoms with Crippen molar-refractivity contribution in [3.63, 3.8) is 0 Å². The van der Waals surface area contributed by atoms with Crippen LogP contribution in [0.1, 0.15) is 40.0 Å². The molecular weight excluding hydrogens is 320 g/mol. The van der Waals surface area contributed by atoms with E-state index in [-0.39, 0.29) is 0 Å². The molecule has 3 saturated carbocycles. The molecule has 7 unspecified atom stereocenters. The van der Waals surface area contributed by atoms with Gasteiger partial charge in [0.1, 0.15) is 11.5 Å². The first-order chi connectivity index (χ1) is 12.5. The van der Waals surface area contributed by atoms with Crippen LogP contribution >= 0.6 is 0 Å². The summed E-state index contributed by atoms with van der Waals surface area (Å²) in [6.07, 6.45) is 4.19. The molecule has 2 bridgehead atoms. The van der Waals surface area contributed by atoms with Gasteiger partial charge >= 0.3 is 0 Å². The molecule has 1 aromatic carbocycles. The van der Waals surface area contributed by atoms with E-state index in [1.165, 1.54) is 41.2 Å². The number of benzene rings is 1. The van der Waals surface area contributed by atoms with Gasteiger partial charge in [0.15, 0.2) is 0 Å². The highest BCUT2D eigenvalue weighted by molar-refractivity contribution is 5.58. The number of methoxy groups -OCH3 is 2. The molecule has 2 heteroatoms. The largest absolute Gasteiger partial charge is 0.500 e. The summed E-state index contributed by atoms with van der Waals surface area (Å²) in [5.74, 6) is 7.65. The van der Waals surface area contributed by atoms with Crippen molar-refractivity contribution in [1.82, 2.24) is 0 Å². The fourth-order valence-electron chi connectivity index (χ4n) is 7.64. The maximum absolute atomic E-state index is 6.09. The Bertz CT molecular complexity index is 846.